The van der Waals surface area contributed by atoms with Crippen molar-refractivity contribution in [3.8, 4) is 6.07 Å². The van der Waals surface area contributed by atoms with Gasteiger partial charge < -0.3 is 14.7 Å². The first-order valence-corrected chi connectivity index (χ1v) is 9.62. The molecule has 0 atom stereocenters. The molecule has 2 fully saturated rings. The molecular weight excluding hydrogens is 324 g/mol. The molecule has 3 rings (SSSR count). The van der Waals surface area contributed by atoms with Gasteiger partial charge in [-0.05, 0) is 25.0 Å². The second kappa shape index (κ2) is 8.75. The van der Waals surface area contributed by atoms with E-state index in [2.05, 4.69) is 40.1 Å². The zero-order valence-electron chi connectivity index (χ0n) is 15.6. The molecule has 1 aromatic rings. The molecule has 1 aliphatic heterocycles. The molecule has 26 heavy (non-hydrogen) atoms. The minimum absolute atomic E-state index is 0.134. The molecule has 0 aromatic heterocycles. The van der Waals surface area contributed by atoms with Crippen molar-refractivity contribution in [3.05, 3.63) is 42.1 Å². The van der Waals surface area contributed by atoms with Gasteiger partial charge in [0.1, 0.15) is 11.6 Å². The summed E-state index contributed by atoms with van der Waals surface area (Å²) in [4.78, 5) is 19.0. The number of rotatable bonds is 4. The standard InChI is InChI=1S/C21H28N4O/c1-23(19-8-4-2-5-9-19)21(26)18(16-22)17-24-12-14-25(15-13-24)20-10-6-3-7-11-20/h3,6-7,10-11,17,19H,2,4-5,8-9,12-15H2,1H3/b18-17-. The molecule has 1 saturated heterocycles. The highest BCUT2D eigenvalue weighted by atomic mass is 16.2. The molecule has 0 radical (unpaired) electrons. The second-order valence-corrected chi connectivity index (χ2v) is 7.22. The van der Waals surface area contributed by atoms with Crippen LogP contribution in [-0.2, 0) is 4.79 Å². The summed E-state index contributed by atoms with van der Waals surface area (Å²) in [6, 6.07) is 12.8. The maximum Gasteiger partial charge on any atom is 0.265 e. The van der Waals surface area contributed by atoms with Gasteiger partial charge in [0, 0.05) is 51.2 Å². The van der Waals surface area contributed by atoms with Gasteiger partial charge in [-0.1, -0.05) is 37.5 Å². The Bertz CT molecular complexity index is 665. The quantitative estimate of drug-likeness (QED) is 0.617. The highest BCUT2D eigenvalue weighted by Gasteiger charge is 2.25. The molecule has 0 N–H and O–H groups in total. The summed E-state index contributed by atoms with van der Waals surface area (Å²) in [5, 5.41) is 9.50. The number of amides is 1. The normalized spacial score (nSPS) is 19.2. The summed E-state index contributed by atoms with van der Waals surface area (Å²) in [5.74, 6) is -0.134. The highest BCUT2D eigenvalue weighted by molar-refractivity contribution is 5.97. The maximum atomic E-state index is 12.7. The van der Waals surface area contributed by atoms with Gasteiger partial charge in [0.05, 0.1) is 0 Å². The van der Waals surface area contributed by atoms with Gasteiger partial charge in [-0.15, -0.1) is 0 Å². The van der Waals surface area contributed by atoms with Gasteiger partial charge in [-0.25, -0.2) is 0 Å². The molecule has 5 heteroatoms. The molecule has 0 unspecified atom stereocenters. The van der Waals surface area contributed by atoms with Crippen molar-refractivity contribution >= 4 is 11.6 Å². The lowest BCUT2D eigenvalue weighted by molar-refractivity contribution is -0.128. The molecule has 5 nitrogen and oxygen atoms in total. The SMILES string of the molecule is CN(C(=O)/C(C#N)=C\N1CCN(c2ccccc2)CC1)C1CCCCC1. The van der Waals surface area contributed by atoms with Crippen molar-refractivity contribution in [1.29, 1.82) is 5.26 Å². The van der Waals surface area contributed by atoms with Gasteiger partial charge in [-0.2, -0.15) is 5.26 Å². The van der Waals surface area contributed by atoms with E-state index < -0.39 is 0 Å². The minimum Gasteiger partial charge on any atom is -0.373 e. The summed E-state index contributed by atoms with van der Waals surface area (Å²) in [6.45, 7) is 3.43. The number of anilines is 1. The lowest BCUT2D eigenvalue weighted by Gasteiger charge is -2.36. The monoisotopic (exact) mass is 352 g/mol. The average molecular weight is 352 g/mol. The Labute approximate surface area is 156 Å². The summed E-state index contributed by atoms with van der Waals surface area (Å²) in [6.07, 6.45) is 7.48. The molecule has 0 bridgehead atoms. The predicted octanol–water partition coefficient (Wildman–Crippen LogP) is 3.01. The number of benzene rings is 1. The third-order valence-electron chi connectivity index (χ3n) is 5.54. The van der Waals surface area contributed by atoms with E-state index in [4.69, 9.17) is 0 Å². The first-order valence-electron chi connectivity index (χ1n) is 9.62. The fourth-order valence-electron chi connectivity index (χ4n) is 3.89. The first-order chi connectivity index (χ1) is 12.7. The van der Waals surface area contributed by atoms with Crippen LogP contribution in [0.25, 0.3) is 0 Å². The highest BCUT2D eigenvalue weighted by Crippen LogP contribution is 2.23. The van der Waals surface area contributed by atoms with Gasteiger partial charge in [0.25, 0.3) is 5.91 Å². The number of carbonyl (C=O) groups excluding carboxylic acids is 1. The van der Waals surface area contributed by atoms with Crippen molar-refractivity contribution in [2.45, 2.75) is 38.1 Å². The number of para-hydroxylation sites is 1. The van der Waals surface area contributed by atoms with Crippen molar-refractivity contribution in [2.24, 2.45) is 0 Å². The molecule has 1 saturated carbocycles. The Kier molecular flexibility index (Phi) is 6.17. The van der Waals surface area contributed by atoms with Crippen LogP contribution in [0.2, 0.25) is 0 Å². The zero-order chi connectivity index (χ0) is 18.4. The van der Waals surface area contributed by atoms with Crippen LogP contribution in [0.4, 0.5) is 5.69 Å². The van der Waals surface area contributed by atoms with Crippen LogP contribution in [0, 0.1) is 11.3 Å². The number of nitrogens with zero attached hydrogens (tertiary/aromatic N) is 4. The van der Waals surface area contributed by atoms with Gasteiger partial charge >= 0.3 is 0 Å². The molecule has 1 aromatic carbocycles. The van der Waals surface area contributed by atoms with E-state index in [0.29, 0.717) is 0 Å². The molecule has 2 aliphatic rings. The third kappa shape index (κ3) is 4.37. The Balaban J connectivity index is 1.59. The molecule has 1 aliphatic carbocycles. The summed E-state index contributed by atoms with van der Waals surface area (Å²) >= 11 is 0. The number of likely N-dealkylation sites (N-methyl/N-ethyl adjacent to an activating group) is 1. The van der Waals surface area contributed by atoms with Gasteiger partial charge in [-0.3, -0.25) is 4.79 Å². The summed E-state index contributed by atoms with van der Waals surface area (Å²) in [5.41, 5.74) is 1.48. The number of hydrogen-bond donors (Lipinski definition) is 0. The smallest absolute Gasteiger partial charge is 0.265 e. The molecule has 138 valence electrons. The summed E-state index contributed by atoms with van der Waals surface area (Å²) in [7, 11) is 1.84. The Morgan fingerprint density at radius 3 is 2.38 bits per heavy atom. The van der Waals surface area contributed by atoms with E-state index in [0.717, 1.165) is 39.0 Å². The van der Waals surface area contributed by atoms with E-state index in [1.807, 2.05) is 13.1 Å². The van der Waals surface area contributed by atoms with E-state index in [1.165, 1.54) is 24.9 Å². The van der Waals surface area contributed by atoms with Crippen molar-refractivity contribution in [1.82, 2.24) is 9.80 Å². The second-order valence-electron chi connectivity index (χ2n) is 7.22. The summed E-state index contributed by atoms with van der Waals surface area (Å²) < 4.78 is 0. The molecule has 1 heterocycles. The number of carbonyl (C=O) groups is 1. The molecule has 1 amide bonds. The lowest BCUT2D eigenvalue weighted by Crippen LogP contribution is -2.45. The van der Waals surface area contributed by atoms with Crippen molar-refractivity contribution in [3.63, 3.8) is 0 Å². The van der Waals surface area contributed by atoms with Gasteiger partial charge in [0.2, 0.25) is 0 Å². The predicted molar refractivity (Wildman–Crippen MR) is 104 cm³/mol. The Morgan fingerprint density at radius 2 is 1.77 bits per heavy atom. The number of hydrogen-bond acceptors (Lipinski definition) is 4. The van der Waals surface area contributed by atoms with Crippen LogP contribution in [0.3, 0.4) is 0 Å². The fraction of sp³-hybridized carbons (Fsp3) is 0.524. The fourth-order valence-corrected chi connectivity index (χ4v) is 3.89. The van der Waals surface area contributed by atoms with E-state index >= 15 is 0 Å². The number of piperazine rings is 1. The third-order valence-corrected chi connectivity index (χ3v) is 5.54. The number of nitriles is 1. The van der Waals surface area contributed by atoms with Crippen LogP contribution in [0.5, 0.6) is 0 Å². The first kappa shape index (κ1) is 18.3. The largest absolute Gasteiger partial charge is 0.373 e. The zero-order valence-corrected chi connectivity index (χ0v) is 15.6. The average Bonchev–Trinajstić information content (AvgIpc) is 2.72. The van der Waals surface area contributed by atoms with Gasteiger partial charge in [0.15, 0.2) is 0 Å². The van der Waals surface area contributed by atoms with Crippen molar-refractivity contribution < 1.29 is 4.79 Å². The molecular formula is C21H28N4O. The van der Waals surface area contributed by atoms with Crippen LogP contribution < -0.4 is 4.90 Å². The molecule has 0 spiro atoms. The Hall–Kier alpha value is -2.48. The maximum absolute atomic E-state index is 12.7. The van der Waals surface area contributed by atoms with E-state index in [1.54, 1.807) is 11.1 Å². The van der Waals surface area contributed by atoms with Crippen LogP contribution in [-0.4, -0.2) is 55.0 Å². The lowest BCUT2D eigenvalue weighted by atomic mass is 9.94. The van der Waals surface area contributed by atoms with Crippen LogP contribution in [0.1, 0.15) is 32.1 Å². The van der Waals surface area contributed by atoms with Crippen molar-refractivity contribution in [2.75, 3.05) is 38.1 Å². The Morgan fingerprint density at radius 1 is 1.12 bits per heavy atom. The van der Waals surface area contributed by atoms with E-state index in [9.17, 15) is 10.1 Å². The van der Waals surface area contributed by atoms with Crippen LogP contribution in [0.15, 0.2) is 42.1 Å². The van der Waals surface area contributed by atoms with E-state index in [-0.39, 0.29) is 17.5 Å². The topological polar surface area (TPSA) is 50.6 Å². The minimum atomic E-state index is -0.134. The van der Waals surface area contributed by atoms with Crippen LogP contribution >= 0.6 is 0 Å².